The number of benzene rings is 1. The highest BCUT2D eigenvalue weighted by atomic mass is 16.4. The quantitative estimate of drug-likeness (QED) is 0.877. The number of rotatable bonds is 6. The Morgan fingerprint density at radius 1 is 1.36 bits per heavy atom. The number of aliphatic carboxylic acids is 1. The summed E-state index contributed by atoms with van der Waals surface area (Å²) in [4.78, 5) is 26.6. The first-order chi connectivity index (χ1) is 10.4. The van der Waals surface area contributed by atoms with Gasteiger partial charge in [0.05, 0.1) is 6.42 Å². The Labute approximate surface area is 131 Å². The van der Waals surface area contributed by atoms with E-state index in [0.717, 1.165) is 24.3 Å². The van der Waals surface area contributed by atoms with Gasteiger partial charge in [-0.15, -0.1) is 0 Å². The molecule has 22 heavy (non-hydrogen) atoms. The average Bonchev–Trinajstić information content (AvgIpc) is 2.47. The molecule has 5 heteroatoms. The number of carboxylic acid groups (broad SMARTS) is 1. The summed E-state index contributed by atoms with van der Waals surface area (Å²) in [5.74, 6) is -0.181. The predicted molar refractivity (Wildman–Crippen MR) is 87.5 cm³/mol. The third-order valence-corrected chi connectivity index (χ3v) is 3.91. The predicted octanol–water partition coefficient (Wildman–Crippen LogP) is 2.53. The van der Waals surface area contributed by atoms with Gasteiger partial charge in [0.25, 0.3) is 0 Å². The topological polar surface area (TPSA) is 60.9 Å². The Bertz CT molecular complexity index is 569. The molecule has 1 aliphatic heterocycles. The minimum Gasteiger partial charge on any atom is -0.481 e. The Kier molecular flexibility index (Phi) is 5.06. The molecule has 0 aliphatic carbocycles. The largest absolute Gasteiger partial charge is 0.481 e. The van der Waals surface area contributed by atoms with E-state index in [1.807, 2.05) is 29.0 Å². The van der Waals surface area contributed by atoms with Crippen molar-refractivity contribution in [2.24, 2.45) is 5.92 Å². The highest BCUT2D eigenvalue weighted by Gasteiger charge is 2.25. The minimum atomic E-state index is -0.793. The van der Waals surface area contributed by atoms with E-state index in [2.05, 4.69) is 19.9 Å². The van der Waals surface area contributed by atoms with Gasteiger partial charge < -0.3 is 14.9 Å². The van der Waals surface area contributed by atoms with Crippen LogP contribution in [0.3, 0.4) is 0 Å². The lowest BCUT2D eigenvalue weighted by Crippen LogP contribution is -2.37. The molecule has 2 rings (SSSR count). The maximum atomic E-state index is 12.1. The van der Waals surface area contributed by atoms with Crippen LogP contribution < -0.4 is 9.80 Å². The Morgan fingerprint density at radius 2 is 2.09 bits per heavy atom. The maximum Gasteiger partial charge on any atom is 0.305 e. The first-order valence-electron chi connectivity index (χ1n) is 7.74. The first-order valence-corrected chi connectivity index (χ1v) is 7.74. The number of carbonyl (C=O) groups excluding carboxylic acids is 1. The van der Waals surface area contributed by atoms with Gasteiger partial charge in [-0.05, 0) is 36.1 Å². The molecule has 0 spiro atoms. The van der Waals surface area contributed by atoms with E-state index in [-0.39, 0.29) is 12.3 Å². The van der Waals surface area contributed by atoms with Gasteiger partial charge in [-0.2, -0.15) is 0 Å². The molecule has 1 aromatic rings. The van der Waals surface area contributed by atoms with E-state index in [0.29, 0.717) is 18.9 Å². The van der Waals surface area contributed by atoms with Crippen molar-refractivity contribution in [3.05, 3.63) is 23.8 Å². The monoisotopic (exact) mass is 304 g/mol. The van der Waals surface area contributed by atoms with Crippen LogP contribution in [0.2, 0.25) is 0 Å². The zero-order valence-corrected chi connectivity index (χ0v) is 13.5. The van der Waals surface area contributed by atoms with Crippen molar-refractivity contribution >= 4 is 23.3 Å². The van der Waals surface area contributed by atoms with E-state index in [9.17, 15) is 9.59 Å². The highest BCUT2D eigenvalue weighted by molar-refractivity contribution is 5.96. The molecule has 0 radical (unpaired) electrons. The molecule has 1 N–H and O–H groups in total. The molecule has 1 amide bonds. The molecule has 0 bridgehead atoms. The van der Waals surface area contributed by atoms with E-state index in [1.54, 1.807) is 0 Å². The molecule has 0 unspecified atom stereocenters. The number of nitrogens with zero attached hydrogens (tertiary/aromatic N) is 2. The number of amides is 1. The zero-order valence-electron chi connectivity index (χ0n) is 13.5. The van der Waals surface area contributed by atoms with Crippen LogP contribution in [0.5, 0.6) is 0 Å². The van der Waals surface area contributed by atoms with Crippen LogP contribution in [0.4, 0.5) is 11.4 Å². The van der Waals surface area contributed by atoms with Crippen molar-refractivity contribution in [1.29, 1.82) is 0 Å². The standard InChI is InChI=1S/C17H24N2O3/c1-12(2)11-19-15-6-5-14(18(3)9-8-17(21)22)10-13(15)4-7-16(19)20/h5-6,10,12H,4,7-9,11H2,1-3H3,(H,21,22). The maximum absolute atomic E-state index is 12.1. The summed E-state index contributed by atoms with van der Waals surface area (Å²) < 4.78 is 0. The highest BCUT2D eigenvalue weighted by Crippen LogP contribution is 2.31. The Morgan fingerprint density at radius 3 is 2.73 bits per heavy atom. The van der Waals surface area contributed by atoms with Gasteiger partial charge in [-0.1, -0.05) is 13.8 Å². The van der Waals surface area contributed by atoms with E-state index < -0.39 is 5.97 Å². The summed E-state index contributed by atoms with van der Waals surface area (Å²) in [5, 5.41) is 8.78. The summed E-state index contributed by atoms with van der Waals surface area (Å²) in [6.45, 7) is 5.42. The van der Waals surface area contributed by atoms with Crippen LogP contribution in [-0.4, -0.2) is 37.1 Å². The van der Waals surface area contributed by atoms with Gasteiger partial charge in [0.1, 0.15) is 0 Å². The van der Waals surface area contributed by atoms with Crippen molar-refractivity contribution in [3.8, 4) is 0 Å². The molecule has 1 aromatic carbocycles. The average molecular weight is 304 g/mol. The van der Waals surface area contributed by atoms with Crippen LogP contribution in [0.25, 0.3) is 0 Å². The zero-order chi connectivity index (χ0) is 16.3. The summed E-state index contributed by atoms with van der Waals surface area (Å²) in [5.41, 5.74) is 3.17. The lowest BCUT2D eigenvalue weighted by atomic mass is 9.99. The lowest BCUT2D eigenvalue weighted by molar-refractivity contribution is -0.136. The second kappa shape index (κ2) is 6.81. The van der Waals surface area contributed by atoms with Gasteiger partial charge in [-0.25, -0.2) is 0 Å². The molecular weight excluding hydrogens is 280 g/mol. The van der Waals surface area contributed by atoms with E-state index in [4.69, 9.17) is 5.11 Å². The fourth-order valence-corrected chi connectivity index (χ4v) is 2.74. The Balaban J connectivity index is 2.20. The number of fused-ring (bicyclic) bond motifs is 1. The van der Waals surface area contributed by atoms with Crippen molar-refractivity contribution in [3.63, 3.8) is 0 Å². The summed E-state index contributed by atoms with van der Waals surface area (Å²) in [6.07, 6.45) is 1.41. The third-order valence-electron chi connectivity index (χ3n) is 3.91. The molecule has 0 atom stereocenters. The molecule has 1 heterocycles. The minimum absolute atomic E-state index is 0.117. The number of carboxylic acids is 1. The van der Waals surface area contributed by atoms with Gasteiger partial charge in [0.15, 0.2) is 0 Å². The normalized spacial score (nSPS) is 14.2. The van der Waals surface area contributed by atoms with Gasteiger partial charge in [0.2, 0.25) is 5.91 Å². The van der Waals surface area contributed by atoms with Gasteiger partial charge >= 0.3 is 5.97 Å². The van der Waals surface area contributed by atoms with Crippen molar-refractivity contribution < 1.29 is 14.7 Å². The summed E-state index contributed by atoms with van der Waals surface area (Å²) in [7, 11) is 1.89. The number of anilines is 2. The number of hydrogen-bond donors (Lipinski definition) is 1. The molecule has 120 valence electrons. The second-order valence-electron chi connectivity index (χ2n) is 6.28. The van der Waals surface area contributed by atoms with Crippen LogP contribution in [0.15, 0.2) is 18.2 Å². The Hall–Kier alpha value is -2.04. The molecule has 5 nitrogen and oxygen atoms in total. The number of carbonyl (C=O) groups is 2. The molecule has 0 aromatic heterocycles. The molecular formula is C17H24N2O3. The molecule has 0 saturated heterocycles. The SMILES string of the molecule is CC(C)CN1C(=O)CCc2cc(N(C)CCC(=O)O)ccc21. The van der Waals surface area contributed by atoms with Crippen molar-refractivity contribution in [2.75, 3.05) is 29.9 Å². The molecule has 0 saturated carbocycles. The lowest BCUT2D eigenvalue weighted by Gasteiger charge is -2.32. The summed E-state index contributed by atoms with van der Waals surface area (Å²) in [6, 6.07) is 6.03. The molecule has 1 aliphatic rings. The number of aryl methyl sites for hydroxylation is 1. The van der Waals surface area contributed by atoms with Gasteiger partial charge in [0, 0.05) is 37.9 Å². The van der Waals surface area contributed by atoms with Crippen LogP contribution in [-0.2, 0) is 16.0 Å². The van der Waals surface area contributed by atoms with Crippen LogP contribution >= 0.6 is 0 Å². The summed E-state index contributed by atoms with van der Waals surface area (Å²) >= 11 is 0. The van der Waals surface area contributed by atoms with Crippen molar-refractivity contribution in [1.82, 2.24) is 0 Å². The first kappa shape index (κ1) is 16.3. The van der Waals surface area contributed by atoms with Crippen LogP contribution in [0, 0.1) is 5.92 Å². The second-order valence-corrected chi connectivity index (χ2v) is 6.28. The van der Waals surface area contributed by atoms with E-state index >= 15 is 0 Å². The van der Waals surface area contributed by atoms with Gasteiger partial charge in [-0.3, -0.25) is 9.59 Å². The van der Waals surface area contributed by atoms with Crippen molar-refractivity contribution in [2.45, 2.75) is 33.1 Å². The van der Waals surface area contributed by atoms with E-state index in [1.165, 1.54) is 5.56 Å². The fraction of sp³-hybridized carbons (Fsp3) is 0.529. The smallest absolute Gasteiger partial charge is 0.305 e. The fourth-order valence-electron chi connectivity index (χ4n) is 2.74. The third kappa shape index (κ3) is 3.78. The number of hydrogen-bond acceptors (Lipinski definition) is 3. The molecule has 0 fully saturated rings. The van der Waals surface area contributed by atoms with Crippen LogP contribution in [0.1, 0.15) is 32.3 Å².